The molecule has 0 spiro atoms. The van der Waals surface area contributed by atoms with Crippen molar-refractivity contribution in [1.82, 2.24) is 10.6 Å². The molecule has 0 aliphatic carbocycles. The van der Waals surface area contributed by atoms with Crippen molar-refractivity contribution in [2.45, 2.75) is 44.2 Å². The normalized spacial score (nSPS) is 23.6. The number of amides is 3. The highest BCUT2D eigenvalue weighted by atomic mass is 35.5. The van der Waals surface area contributed by atoms with Gasteiger partial charge in [-0.25, -0.2) is 0 Å². The fourth-order valence-corrected chi connectivity index (χ4v) is 3.82. The van der Waals surface area contributed by atoms with Gasteiger partial charge in [0, 0.05) is 29.8 Å². The molecule has 2 aliphatic rings. The van der Waals surface area contributed by atoms with Crippen LogP contribution in [-0.2, 0) is 9.59 Å². The van der Waals surface area contributed by atoms with Gasteiger partial charge >= 0.3 is 0 Å². The van der Waals surface area contributed by atoms with Crippen LogP contribution in [0.4, 0.5) is 5.69 Å². The molecule has 7 nitrogen and oxygen atoms in total. The third-order valence-electron chi connectivity index (χ3n) is 4.88. The Bertz CT molecular complexity index is 670. The summed E-state index contributed by atoms with van der Waals surface area (Å²) in [6, 6.07) is 7.79. The number of anilines is 1. The average molecular weight is 381 g/mol. The second-order valence-corrected chi connectivity index (χ2v) is 6.96. The molecule has 2 bridgehead atoms. The molecule has 3 amide bonds. The highest BCUT2D eigenvalue weighted by Gasteiger charge is 2.34. The Labute approximate surface area is 158 Å². The first kappa shape index (κ1) is 20.2. The third-order valence-corrected chi connectivity index (χ3v) is 4.88. The molecule has 1 aromatic carbocycles. The first-order valence-corrected chi connectivity index (χ1v) is 8.72. The van der Waals surface area contributed by atoms with Gasteiger partial charge in [-0.05, 0) is 49.8 Å². The van der Waals surface area contributed by atoms with Crippen LogP contribution in [0.25, 0.3) is 0 Å². The summed E-state index contributed by atoms with van der Waals surface area (Å²) >= 11 is 0. The Kier molecular flexibility index (Phi) is 6.99. The molecule has 2 aliphatic heterocycles. The van der Waals surface area contributed by atoms with Gasteiger partial charge < -0.3 is 21.7 Å². The van der Waals surface area contributed by atoms with Crippen molar-refractivity contribution in [2.75, 3.05) is 11.9 Å². The van der Waals surface area contributed by atoms with E-state index in [2.05, 4.69) is 16.0 Å². The van der Waals surface area contributed by atoms with E-state index in [1.54, 1.807) is 24.3 Å². The van der Waals surface area contributed by atoms with Gasteiger partial charge in [-0.1, -0.05) is 6.07 Å². The van der Waals surface area contributed by atoms with Gasteiger partial charge in [0.2, 0.25) is 11.8 Å². The predicted octanol–water partition coefficient (Wildman–Crippen LogP) is 1.18. The maximum atomic E-state index is 12.3. The van der Waals surface area contributed by atoms with E-state index in [9.17, 15) is 14.4 Å². The number of nitrogens with one attached hydrogen (secondary N) is 3. The lowest BCUT2D eigenvalue weighted by Gasteiger charge is -2.28. The lowest BCUT2D eigenvalue weighted by atomic mass is 9.89. The molecule has 0 saturated carbocycles. The van der Waals surface area contributed by atoms with Crippen LogP contribution in [0.5, 0.6) is 0 Å². The number of benzene rings is 1. The summed E-state index contributed by atoms with van der Waals surface area (Å²) in [5, 5.41) is 8.87. The fourth-order valence-electron chi connectivity index (χ4n) is 3.82. The van der Waals surface area contributed by atoms with E-state index in [4.69, 9.17) is 5.73 Å². The minimum Gasteiger partial charge on any atom is -0.368 e. The SMILES string of the molecule is Cl.NC(=O)CNC(=O)c1cccc(NC(=O)CC2CC3CCC(C2)N3)c1. The van der Waals surface area contributed by atoms with Crippen molar-refractivity contribution in [3.05, 3.63) is 29.8 Å². The average Bonchev–Trinajstić information content (AvgIpc) is 2.91. The molecular weight excluding hydrogens is 356 g/mol. The van der Waals surface area contributed by atoms with E-state index in [0.717, 1.165) is 12.8 Å². The van der Waals surface area contributed by atoms with Crippen LogP contribution in [0, 0.1) is 5.92 Å². The van der Waals surface area contributed by atoms with Crippen molar-refractivity contribution >= 4 is 35.8 Å². The Balaban J connectivity index is 0.00000243. The van der Waals surface area contributed by atoms with Crippen LogP contribution >= 0.6 is 12.4 Å². The number of fused-ring (bicyclic) bond motifs is 2. The van der Waals surface area contributed by atoms with E-state index in [1.165, 1.54) is 12.8 Å². The maximum absolute atomic E-state index is 12.3. The third kappa shape index (κ3) is 5.44. The number of piperidine rings is 1. The van der Waals surface area contributed by atoms with Crippen LogP contribution < -0.4 is 21.7 Å². The fraction of sp³-hybridized carbons (Fsp3) is 0.500. The summed E-state index contributed by atoms with van der Waals surface area (Å²) in [7, 11) is 0. The molecule has 2 unspecified atom stereocenters. The van der Waals surface area contributed by atoms with Gasteiger partial charge in [0.25, 0.3) is 5.91 Å². The van der Waals surface area contributed by atoms with Gasteiger partial charge in [0.05, 0.1) is 6.54 Å². The van der Waals surface area contributed by atoms with E-state index in [-0.39, 0.29) is 24.9 Å². The number of nitrogens with two attached hydrogens (primary N) is 1. The second-order valence-electron chi connectivity index (χ2n) is 6.96. The van der Waals surface area contributed by atoms with Gasteiger partial charge in [0.15, 0.2) is 0 Å². The molecule has 26 heavy (non-hydrogen) atoms. The molecule has 2 fully saturated rings. The molecule has 2 heterocycles. The predicted molar refractivity (Wildman–Crippen MR) is 101 cm³/mol. The Morgan fingerprint density at radius 2 is 1.85 bits per heavy atom. The van der Waals surface area contributed by atoms with Gasteiger partial charge in [-0.2, -0.15) is 0 Å². The number of hydrogen-bond acceptors (Lipinski definition) is 4. The summed E-state index contributed by atoms with van der Waals surface area (Å²) in [5.74, 6) is -0.611. The van der Waals surface area contributed by atoms with Crippen molar-refractivity contribution in [3.8, 4) is 0 Å². The zero-order valence-electron chi connectivity index (χ0n) is 14.5. The van der Waals surface area contributed by atoms with Crippen molar-refractivity contribution < 1.29 is 14.4 Å². The lowest BCUT2D eigenvalue weighted by molar-refractivity contribution is -0.118. The molecule has 142 valence electrons. The molecule has 0 radical (unpaired) electrons. The molecule has 2 atom stereocenters. The van der Waals surface area contributed by atoms with Crippen LogP contribution in [0.3, 0.4) is 0 Å². The maximum Gasteiger partial charge on any atom is 0.251 e. The number of primary amides is 1. The second kappa shape index (κ2) is 9.00. The Morgan fingerprint density at radius 1 is 1.15 bits per heavy atom. The zero-order valence-corrected chi connectivity index (χ0v) is 15.3. The number of carbonyl (C=O) groups excluding carboxylic acids is 3. The number of rotatable bonds is 6. The zero-order chi connectivity index (χ0) is 17.8. The summed E-state index contributed by atoms with van der Waals surface area (Å²) in [4.78, 5) is 35.0. The first-order chi connectivity index (χ1) is 12.0. The van der Waals surface area contributed by atoms with Crippen LogP contribution in [0.2, 0.25) is 0 Å². The van der Waals surface area contributed by atoms with Crippen molar-refractivity contribution in [1.29, 1.82) is 0 Å². The molecule has 2 saturated heterocycles. The van der Waals surface area contributed by atoms with E-state index in [0.29, 0.717) is 35.7 Å². The molecule has 3 rings (SSSR count). The van der Waals surface area contributed by atoms with Gasteiger partial charge in [0.1, 0.15) is 0 Å². The minimum atomic E-state index is -0.603. The van der Waals surface area contributed by atoms with Gasteiger partial charge in [-0.3, -0.25) is 14.4 Å². The Hall–Kier alpha value is -2.12. The van der Waals surface area contributed by atoms with E-state index < -0.39 is 11.8 Å². The number of hydrogen-bond donors (Lipinski definition) is 4. The Morgan fingerprint density at radius 3 is 2.50 bits per heavy atom. The van der Waals surface area contributed by atoms with Crippen LogP contribution in [0.1, 0.15) is 42.5 Å². The van der Waals surface area contributed by atoms with Gasteiger partial charge in [-0.15, -0.1) is 12.4 Å². The van der Waals surface area contributed by atoms with Crippen molar-refractivity contribution in [3.63, 3.8) is 0 Å². The van der Waals surface area contributed by atoms with E-state index >= 15 is 0 Å². The van der Waals surface area contributed by atoms with Crippen LogP contribution in [-0.4, -0.2) is 36.3 Å². The summed E-state index contributed by atoms with van der Waals surface area (Å²) < 4.78 is 0. The molecule has 0 aromatic heterocycles. The lowest BCUT2D eigenvalue weighted by Crippen LogP contribution is -2.39. The highest BCUT2D eigenvalue weighted by molar-refractivity contribution is 5.98. The topological polar surface area (TPSA) is 113 Å². The number of halogens is 1. The van der Waals surface area contributed by atoms with Crippen molar-refractivity contribution in [2.24, 2.45) is 11.7 Å². The van der Waals surface area contributed by atoms with Crippen LogP contribution in [0.15, 0.2) is 24.3 Å². The quantitative estimate of drug-likeness (QED) is 0.593. The summed E-state index contributed by atoms with van der Waals surface area (Å²) in [6.45, 7) is -0.215. The molecular formula is C18H25ClN4O3. The smallest absolute Gasteiger partial charge is 0.251 e. The standard InChI is InChI=1S/C18H24N4O3.ClH/c19-16(23)10-20-18(25)12-2-1-3-13(9-12)22-17(24)8-11-6-14-4-5-15(7-11)21-14;/h1-3,9,11,14-15,21H,4-8,10H2,(H2,19,23)(H,20,25)(H,22,24);1H. The first-order valence-electron chi connectivity index (χ1n) is 8.72. The van der Waals surface area contributed by atoms with E-state index in [1.807, 2.05) is 0 Å². The molecule has 8 heteroatoms. The minimum absolute atomic E-state index is 0. The largest absolute Gasteiger partial charge is 0.368 e. The summed E-state index contributed by atoms with van der Waals surface area (Å²) in [6.07, 6.45) is 5.04. The molecule has 5 N–H and O–H groups in total. The monoisotopic (exact) mass is 380 g/mol. The summed E-state index contributed by atoms with van der Waals surface area (Å²) in [5.41, 5.74) is 5.96. The highest BCUT2D eigenvalue weighted by Crippen LogP contribution is 2.32. The number of carbonyl (C=O) groups is 3. The molecule has 1 aromatic rings.